The highest BCUT2D eigenvalue weighted by molar-refractivity contribution is 8.13. The molecule has 1 heterocycles. The third-order valence-electron chi connectivity index (χ3n) is 2.62. The van der Waals surface area contributed by atoms with E-state index in [0.717, 1.165) is 16.1 Å². The van der Waals surface area contributed by atoms with Crippen molar-refractivity contribution in [2.45, 2.75) is 6.42 Å². The number of pyridine rings is 1. The quantitative estimate of drug-likeness (QED) is 0.686. The molecule has 1 aromatic heterocycles. The highest BCUT2D eigenvalue weighted by Gasteiger charge is 2.10. The molecule has 0 saturated carbocycles. The number of fused-ring (bicyclic) bond motifs is 1. The highest BCUT2D eigenvalue weighted by Crippen LogP contribution is 2.24. The smallest absolute Gasteiger partial charge is 0.141 e. The van der Waals surface area contributed by atoms with Crippen LogP contribution < -0.4 is 0 Å². The Labute approximate surface area is 126 Å². The SMILES string of the molecule is CSN(SC)C(=S)Cc1ccc2cccc(O)c2n1. The molecule has 0 aliphatic heterocycles. The number of nitrogens with zero attached hydrogens (tertiary/aromatic N) is 2. The first kappa shape index (κ1) is 14.4. The molecule has 0 fully saturated rings. The molecular weight excluding hydrogens is 296 g/mol. The van der Waals surface area contributed by atoms with Crippen LogP contribution >= 0.6 is 36.1 Å². The van der Waals surface area contributed by atoms with Gasteiger partial charge in [0.05, 0.1) is 0 Å². The Balaban J connectivity index is 2.27. The van der Waals surface area contributed by atoms with Crippen LogP contribution in [0.3, 0.4) is 0 Å². The van der Waals surface area contributed by atoms with E-state index >= 15 is 0 Å². The molecule has 2 rings (SSSR count). The summed E-state index contributed by atoms with van der Waals surface area (Å²) in [5, 5.41) is 10.7. The lowest BCUT2D eigenvalue weighted by atomic mass is 10.1. The molecule has 3 nitrogen and oxygen atoms in total. The number of benzene rings is 1. The summed E-state index contributed by atoms with van der Waals surface area (Å²) in [6.07, 6.45) is 4.58. The van der Waals surface area contributed by atoms with Crippen LogP contribution in [0.2, 0.25) is 0 Å². The van der Waals surface area contributed by atoms with Gasteiger partial charge in [0, 0.05) is 30.0 Å². The maximum absolute atomic E-state index is 9.82. The first-order chi connectivity index (χ1) is 9.15. The van der Waals surface area contributed by atoms with E-state index in [1.807, 2.05) is 40.5 Å². The zero-order valence-electron chi connectivity index (χ0n) is 10.7. The Morgan fingerprint density at radius 3 is 2.68 bits per heavy atom. The van der Waals surface area contributed by atoms with Crippen LogP contribution in [-0.2, 0) is 6.42 Å². The van der Waals surface area contributed by atoms with Gasteiger partial charge in [0.2, 0.25) is 0 Å². The Kier molecular flexibility index (Phi) is 4.90. The lowest BCUT2D eigenvalue weighted by Gasteiger charge is -2.18. The molecule has 6 heteroatoms. The number of thiocarbonyl (C=S) groups is 1. The molecule has 19 heavy (non-hydrogen) atoms. The molecule has 1 N–H and O–H groups in total. The van der Waals surface area contributed by atoms with Crippen molar-refractivity contribution in [1.82, 2.24) is 8.69 Å². The summed E-state index contributed by atoms with van der Waals surface area (Å²) >= 11 is 8.56. The second-order valence-electron chi connectivity index (χ2n) is 3.84. The molecule has 0 saturated heterocycles. The maximum Gasteiger partial charge on any atom is 0.141 e. The molecule has 0 atom stereocenters. The molecule has 0 aliphatic carbocycles. The van der Waals surface area contributed by atoms with Gasteiger partial charge in [-0.05, 0) is 36.0 Å². The summed E-state index contributed by atoms with van der Waals surface area (Å²) in [5.41, 5.74) is 1.50. The topological polar surface area (TPSA) is 36.4 Å². The van der Waals surface area contributed by atoms with Crippen LogP contribution in [0.4, 0.5) is 0 Å². The molecule has 0 bridgehead atoms. The number of hydrogen-bond donors (Lipinski definition) is 1. The summed E-state index contributed by atoms with van der Waals surface area (Å²) in [6.45, 7) is 0. The first-order valence-corrected chi connectivity index (χ1v) is 8.41. The predicted octanol–water partition coefficient (Wildman–Crippen LogP) is 3.67. The normalized spacial score (nSPS) is 10.6. The fourth-order valence-electron chi connectivity index (χ4n) is 1.77. The summed E-state index contributed by atoms with van der Waals surface area (Å²) in [7, 11) is 0. The fraction of sp³-hybridized carbons (Fsp3) is 0.231. The Morgan fingerprint density at radius 1 is 1.26 bits per heavy atom. The van der Waals surface area contributed by atoms with Crippen molar-refractivity contribution in [3.05, 3.63) is 36.0 Å². The van der Waals surface area contributed by atoms with Gasteiger partial charge in [-0.25, -0.2) is 4.98 Å². The minimum atomic E-state index is 0.205. The summed E-state index contributed by atoms with van der Waals surface area (Å²) in [6, 6.07) is 9.30. The van der Waals surface area contributed by atoms with Crippen LogP contribution in [0, 0.1) is 0 Å². The number of aromatic hydroxyl groups is 1. The molecule has 0 spiro atoms. The van der Waals surface area contributed by atoms with Gasteiger partial charge in [-0.2, -0.15) is 0 Å². The summed E-state index contributed by atoms with van der Waals surface area (Å²) in [4.78, 5) is 5.30. The predicted molar refractivity (Wildman–Crippen MR) is 88.6 cm³/mol. The lowest BCUT2D eigenvalue weighted by Crippen LogP contribution is -2.17. The van der Waals surface area contributed by atoms with Crippen molar-refractivity contribution in [3.8, 4) is 5.75 Å². The van der Waals surface area contributed by atoms with Gasteiger partial charge in [0.1, 0.15) is 16.3 Å². The monoisotopic (exact) mass is 310 g/mol. The molecule has 1 aromatic carbocycles. The molecule has 0 aliphatic rings. The summed E-state index contributed by atoms with van der Waals surface area (Å²) in [5.74, 6) is 0.205. The van der Waals surface area contributed by atoms with E-state index in [9.17, 15) is 5.11 Å². The van der Waals surface area contributed by atoms with E-state index in [1.54, 1.807) is 30.0 Å². The third kappa shape index (κ3) is 3.32. The van der Waals surface area contributed by atoms with Crippen molar-refractivity contribution < 1.29 is 5.11 Å². The van der Waals surface area contributed by atoms with Gasteiger partial charge in [-0.1, -0.05) is 30.4 Å². The lowest BCUT2D eigenvalue weighted by molar-refractivity contribution is 0.480. The van der Waals surface area contributed by atoms with Crippen LogP contribution in [0.1, 0.15) is 5.69 Å². The van der Waals surface area contributed by atoms with Gasteiger partial charge in [-0.15, -0.1) is 0 Å². The van der Waals surface area contributed by atoms with Crippen LogP contribution in [0.15, 0.2) is 30.3 Å². The minimum Gasteiger partial charge on any atom is -0.506 e. The number of para-hydroxylation sites is 1. The van der Waals surface area contributed by atoms with Gasteiger partial charge in [-0.3, -0.25) is 3.71 Å². The highest BCUT2D eigenvalue weighted by atomic mass is 32.2. The molecule has 0 unspecified atom stereocenters. The van der Waals surface area contributed by atoms with Crippen molar-refractivity contribution in [1.29, 1.82) is 0 Å². The van der Waals surface area contributed by atoms with Crippen molar-refractivity contribution in [3.63, 3.8) is 0 Å². The molecule has 0 radical (unpaired) electrons. The van der Waals surface area contributed by atoms with Gasteiger partial charge in [0.15, 0.2) is 0 Å². The first-order valence-electron chi connectivity index (χ1n) is 5.64. The third-order valence-corrected chi connectivity index (χ3v) is 5.18. The Morgan fingerprint density at radius 2 is 2.00 bits per heavy atom. The average molecular weight is 310 g/mol. The standard InChI is InChI=1S/C13H14N2OS3/c1-18-15(19-2)12(17)8-10-7-6-9-4-3-5-11(16)13(9)14-10/h3-7,16H,8H2,1-2H3. The van der Waals surface area contributed by atoms with Gasteiger partial charge in [0.25, 0.3) is 0 Å². The number of phenols is 1. The maximum atomic E-state index is 9.82. The molecule has 2 aromatic rings. The number of rotatable bonds is 4. The van der Waals surface area contributed by atoms with E-state index < -0.39 is 0 Å². The van der Waals surface area contributed by atoms with E-state index in [1.165, 1.54) is 0 Å². The van der Waals surface area contributed by atoms with Gasteiger partial charge < -0.3 is 5.11 Å². The summed E-state index contributed by atoms with van der Waals surface area (Å²) < 4.78 is 1.98. The van der Waals surface area contributed by atoms with Crippen molar-refractivity contribution in [2.24, 2.45) is 0 Å². The largest absolute Gasteiger partial charge is 0.506 e. The van der Waals surface area contributed by atoms with E-state index in [4.69, 9.17) is 12.2 Å². The van der Waals surface area contributed by atoms with Crippen LogP contribution in [0.5, 0.6) is 5.75 Å². The Bertz CT molecular complexity index is 599. The number of phenolic OH excluding ortho intramolecular Hbond substituents is 1. The van der Waals surface area contributed by atoms with Crippen molar-refractivity contribution >= 4 is 52.0 Å². The van der Waals surface area contributed by atoms with Crippen molar-refractivity contribution in [2.75, 3.05) is 12.5 Å². The zero-order chi connectivity index (χ0) is 13.8. The minimum absolute atomic E-state index is 0.205. The van der Waals surface area contributed by atoms with Crippen LogP contribution in [-0.4, -0.2) is 31.3 Å². The van der Waals surface area contributed by atoms with E-state index in [-0.39, 0.29) is 5.75 Å². The molecular formula is C13H14N2OS3. The Hall–Kier alpha value is -0.980. The van der Waals surface area contributed by atoms with E-state index in [2.05, 4.69) is 4.98 Å². The van der Waals surface area contributed by atoms with Crippen LogP contribution in [0.25, 0.3) is 10.9 Å². The average Bonchev–Trinajstić information content (AvgIpc) is 2.41. The second-order valence-corrected chi connectivity index (χ2v) is 6.01. The number of hydrogen-bond acceptors (Lipinski definition) is 5. The number of aromatic nitrogens is 1. The molecule has 100 valence electrons. The second kappa shape index (κ2) is 6.45. The fourth-order valence-corrected chi connectivity index (χ4v) is 3.50. The van der Waals surface area contributed by atoms with E-state index in [0.29, 0.717) is 11.9 Å². The zero-order valence-corrected chi connectivity index (χ0v) is 13.1. The molecule has 0 amide bonds. The van der Waals surface area contributed by atoms with Gasteiger partial charge >= 0.3 is 0 Å².